The fourth-order valence-electron chi connectivity index (χ4n) is 1.78. The lowest BCUT2D eigenvalue weighted by Crippen LogP contribution is -2.25. The molecule has 0 bridgehead atoms. The van der Waals surface area contributed by atoms with Gasteiger partial charge in [0.15, 0.2) is 5.82 Å². The number of nitrogens with zero attached hydrogens (tertiary/aromatic N) is 2. The molecule has 7 nitrogen and oxygen atoms in total. The van der Waals surface area contributed by atoms with Crippen molar-refractivity contribution < 1.29 is 15.0 Å². The first kappa shape index (κ1) is 12.1. The number of nitrogens with one attached hydrogen (secondary N) is 1. The van der Waals surface area contributed by atoms with Gasteiger partial charge in [0.2, 0.25) is 0 Å². The molecule has 1 aliphatic heterocycles. The quantitative estimate of drug-likeness (QED) is 0.520. The van der Waals surface area contributed by atoms with E-state index in [-0.39, 0.29) is 24.8 Å². The van der Waals surface area contributed by atoms with Crippen molar-refractivity contribution in [1.29, 1.82) is 0 Å². The van der Waals surface area contributed by atoms with Gasteiger partial charge in [0.05, 0.1) is 12.2 Å². The van der Waals surface area contributed by atoms with Crippen LogP contribution in [0.15, 0.2) is 0 Å². The van der Waals surface area contributed by atoms with Crippen LogP contribution >= 0.6 is 11.5 Å². The second-order valence-electron chi connectivity index (χ2n) is 3.87. The van der Waals surface area contributed by atoms with Crippen LogP contribution in [-0.2, 0) is 0 Å². The molecule has 1 aromatic rings. The van der Waals surface area contributed by atoms with Gasteiger partial charge in [-0.1, -0.05) is 0 Å². The Kier molecular flexibility index (Phi) is 3.18. The van der Waals surface area contributed by atoms with E-state index >= 15 is 0 Å². The van der Waals surface area contributed by atoms with E-state index in [4.69, 9.17) is 5.73 Å². The Bertz CT molecular complexity index is 426. The minimum Gasteiger partial charge on any atom is -0.389 e. The molecule has 1 fully saturated rings. The Labute approximate surface area is 102 Å². The number of aliphatic hydroxyl groups is 2. The van der Waals surface area contributed by atoms with E-state index in [1.807, 2.05) is 0 Å². The molecule has 2 atom stereocenters. The summed E-state index contributed by atoms with van der Waals surface area (Å²) in [5.74, 6) is -0.151. The number of aromatic nitrogens is 1. The largest absolute Gasteiger partial charge is 0.389 e. The van der Waals surface area contributed by atoms with Crippen LogP contribution in [0.4, 0.5) is 10.8 Å². The highest BCUT2D eigenvalue weighted by Crippen LogP contribution is 2.32. The number of carbonyl (C=O) groups is 1. The standard InChI is InChI=1S/C9H14N4O3S/c1-11-8(16)6-7(10)12-17-9(6)13-2-4(14)5(15)3-13/h4-5,14-15H,2-3H2,1H3,(H2,10,12)(H,11,16). The Morgan fingerprint density at radius 1 is 1.53 bits per heavy atom. The highest BCUT2D eigenvalue weighted by molar-refractivity contribution is 7.11. The number of carbonyl (C=O) groups excluding carboxylic acids is 1. The molecule has 1 amide bonds. The Hall–Kier alpha value is -1.38. The van der Waals surface area contributed by atoms with Crippen molar-refractivity contribution in [3.05, 3.63) is 5.56 Å². The first-order chi connectivity index (χ1) is 8.04. The molecular formula is C9H14N4O3S. The molecule has 1 saturated heterocycles. The predicted molar refractivity (Wildman–Crippen MR) is 64.1 cm³/mol. The van der Waals surface area contributed by atoms with Crippen molar-refractivity contribution in [3.8, 4) is 0 Å². The topological polar surface area (TPSA) is 112 Å². The Morgan fingerprint density at radius 2 is 2.12 bits per heavy atom. The minimum absolute atomic E-state index is 0.167. The molecule has 2 unspecified atom stereocenters. The van der Waals surface area contributed by atoms with E-state index in [0.717, 1.165) is 11.5 Å². The third kappa shape index (κ3) is 2.06. The number of hydrogen-bond acceptors (Lipinski definition) is 7. The average molecular weight is 258 g/mol. The van der Waals surface area contributed by atoms with E-state index in [1.165, 1.54) is 7.05 Å². The van der Waals surface area contributed by atoms with Crippen LogP contribution in [0.3, 0.4) is 0 Å². The zero-order valence-corrected chi connectivity index (χ0v) is 10.1. The van der Waals surface area contributed by atoms with Crippen LogP contribution in [0.25, 0.3) is 0 Å². The van der Waals surface area contributed by atoms with Gasteiger partial charge in [0, 0.05) is 20.1 Å². The van der Waals surface area contributed by atoms with Crippen molar-refractivity contribution in [2.24, 2.45) is 0 Å². The average Bonchev–Trinajstić information content (AvgIpc) is 2.82. The number of β-amino-alcohol motifs (C(OH)–C–C–N with tert-alkyl or cyclic N) is 2. The summed E-state index contributed by atoms with van der Waals surface area (Å²) in [4.78, 5) is 13.4. The summed E-state index contributed by atoms with van der Waals surface area (Å²) >= 11 is 1.09. The van der Waals surface area contributed by atoms with E-state index in [1.54, 1.807) is 4.90 Å². The van der Waals surface area contributed by atoms with Gasteiger partial charge >= 0.3 is 0 Å². The number of rotatable bonds is 2. The van der Waals surface area contributed by atoms with Crippen LogP contribution in [0.2, 0.25) is 0 Å². The number of hydrogen-bond donors (Lipinski definition) is 4. The molecule has 0 saturated carbocycles. The highest BCUT2D eigenvalue weighted by Gasteiger charge is 2.33. The predicted octanol–water partition coefficient (Wildman–Crippen LogP) is -1.37. The lowest BCUT2D eigenvalue weighted by molar-refractivity contribution is 0.0572. The van der Waals surface area contributed by atoms with Gasteiger partial charge in [-0.15, -0.1) is 0 Å². The SMILES string of the molecule is CNC(=O)c1c(N)nsc1N1CC(O)C(O)C1. The van der Waals surface area contributed by atoms with Gasteiger partial charge in [0.1, 0.15) is 10.6 Å². The number of nitrogens with two attached hydrogens (primary N) is 1. The number of aliphatic hydroxyl groups excluding tert-OH is 2. The third-order valence-corrected chi connectivity index (χ3v) is 3.62. The van der Waals surface area contributed by atoms with Crippen molar-refractivity contribution in [3.63, 3.8) is 0 Å². The van der Waals surface area contributed by atoms with E-state index in [0.29, 0.717) is 10.6 Å². The highest BCUT2D eigenvalue weighted by atomic mass is 32.1. The fourth-order valence-corrected chi connectivity index (χ4v) is 2.61. The number of anilines is 2. The molecule has 0 radical (unpaired) electrons. The van der Waals surface area contributed by atoms with E-state index in [9.17, 15) is 15.0 Å². The molecule has 1 aromatic heterocycles. The lowest BCUT2D eigenvalue weighted by atomic mass is 10.3. The number of amides is 1. The van der Waals surface area contributed by atoms with E-state index < -0.39 is 12.2 Å². The summed E-state index contributed by atoms with van der Waals surface area (Å²) in [5, 5.41) is 22.0. The number of nitrogen functional groups attached to an aromatic ring is 1. The summed E-state index contributed by atoms with van der Waals surface area (Å²) < 4.78 is 3.93. The van der Waals surface area contributed by atoms with Crippen molar-refractivity contribution >= 4 is 28.3 Å². The van der Waals surface area contributed by atoms with Gasteiger partial charge in [-0.2, -0.15) is 4.37 Å². The molecule has 2 rings (SSSR count). The summed E-state index contributed by atoms with van der Waals surface area (Å²) in [6, 6.07) is 0. The van der Waals surface area contributed by atoms with Gasteiger partial charge < -0.3 is 26.2 Å². The second-order valence-corrected chi connectivity index (χ2v) is 4.62. The molecule has 17 heavy (non-hydrogen) atoms. The summed E-state index contributed by atoms with van der Waals surface area (Å²) in [5.41, 5.74) is 5.95. The lowest BCUT2D eigenvalue weighted by Gasteiger charge is -2.16. The molecule has 94 valence electrons. The van der Waals surface area contributed by atoms with Gasteiger partial charge in [0.25, 0.3) is 5.91 Å². The smallest absolute Gasteiger partial charge is 0.257 e. The molecule has 5 N–H and O–H groups in total. The minimum atomic E-state index is -0.809. The maximum Gasteiger partial charge on any atom is 0.257 e. The summed E-state index contributed by atoms with van der Waals surface area (Å²) in [6.07, 6.45) is -1.62. The zero-order chi connectivity index (χ0) is 12.6. The molecule has 2 heterocycles. The van der Waals surface area contributed by atoms with Gasteiger partial charge in [-0.05, 0) is 11.5 Å². The zero-order valence-electron chi connectivity index (χ0n) is 9.25. The van der Waals surface area contributed by atoms with Gasteiger partial charge in [-0.25, -0.2) is 0 Å². The molecule has 0 spiro atoms. The van der Waals surface area contributed by atoms with Crippen molar-refractivity contribution in [2.75, 3.05) is 30.8 Å². The molecular weight excluding hydrogens is 244 g/mol. The van der Waals surface area contributed by atoms with Crippen LogP contribution in [0.5, 0.6) is 0 Å². The Morgan fingerprint density at radius 3 is 2.65 bits per heavy atom. The van der Waals surface area contributed by atoms with Crippen molar-refractivity contribution in [1.82, 2.24) is 9.69 Å². The second kappa shape index (κ2) is 4.47. The first-order valence-electron chi connectivity index (χ1n) is 5.13. The Balaban J connectivity index is 2.31. The maximum atomic E-state index is 11.7. The molecule has 8 heteroatoms. The van der Waals surface area contributed by atoms with Crippen LogP contribution < -0.4 is 16.0 Å². The van der Waals surface area contributed by atoms with Crippen molar-refractivity contribution in [2.45, 2.75) is 12.2 Å². The van der Waals surface area contributed by atoms with Gasteiger partial charge in [-0.3, -0.25) is 4.79 Å². The molecule has 1 aliphatic rings. The summed E-state index contributed by atoms with van der Waals surface area (Å²) in [7, 11) is 1.51. The fraction of sp³-hybridized carbons (Fsp3) is 0.556. The third-order valence-electron chi connectivity index (χ3n) is 2.70. The normalized spacial score (nSPS) is 24.1. The van der Waals surface area contributed by atoms with E-state index in [2.05, 4.69) is 9.69 Å². The van der Waals surface area contributed by atoms with Crippen LogP contribution in [-0.4, -0.2) is 52.8 Å². The van der Waals surface area contributed by atoms with Crippen LogP contribution in [0.1, 0.15) is 10.4 Å². The summed E-state index contributed by atoms with van der Waals surface area (Å²) in [6.45, 7) is 0.541. The molecule has 0 aromatic carbocycles. The first-order valence-corrected chi connectivity index (χ1v) is 5.90. The molecule has 0 aliphatic carbocycles. The van der Waals surface area contributed by atoms with Crippen LogP contribution in [0, 0.1) is 0 Å². The maximum absolute atomic E-state index is 11.7. The monoisotopic (exact) mass is 258 g/mol.